The van der Waals surface area contributed by atoms with Gasteiger partial charge in [0.15, 0.2) is 5.78 Å². The van der Waals surface area contributed by atoms with Crippen molar-refractivity contribution in [1.29, 1.82) is 0 Å². The van der Waals surface area contributed by atoms with Crippen molar-refractivity contribution in [3.8, 4) is 0 Å². The summed E-state index contributed by atoms with van der Waals surface area (Å²) >= 11 is 0. The first-order valence-corrected chi connectivity index (χ1v) is 5.77. The number of Topliss-reactive ketones (excluding diaryl/α,β-unsaturated/α-hetero) is 1. The number of aromatic nitrogens is 2. The van der Waals surface area contributed by atoms with Crippen molar-refractivity contribution in [3.05, 3.63) is 17.5 Å². The molecule has 1 unspecified atom stereocenters. The molecule has 0 saturated carbocycles. The number of fused-ring (bicyclic) bond motifs is 1. The van der Waals surface area contributed by atoms with Crippen LogP contribution in [-0.4, -0.2) is 35.4 Å². The zero-order valence-electron chi connectivity index (χ0n) is 9.65. The molecule has 0 aromatic carbocycles. The Labute approximate surface area is 99.8 Å². The zero-order valence-corrected chi connectivity index (χ0v) is 9.65. The van der Waals surface area contributed by atoms with Crippen molar-refractivity contribution in [3.63, 3.8) is 0 Å². The molecule has 0 bridgehead atoms. The largest absolute Gasteiger partial charge is 0.353 e. The maximum Gasteiger partial charge on any atom is 0.222 e. The van der Waals surface area contributed by atoms with Crippen LogP contribution in [-0.2, 0) is 6.42 Å². The lowest BCUT2D eigenvalue weighted by Crippen LogP contribution is -2.27. The Bertz CT molecular complexity index is 420. The van der Waals surface area contributed by atoms with E-state index in [0.717, 1.165) is 12.1 Å². The summed E-state index contributed by atoms with van der Waals surface area (Å²) in [7, 11) is 0. The Balaban J connectivity index is 2.22. The zero-order chi connectivity index (χ0) is 12.3. The maximum atomic E-state index is 11.8. The van der Waals surface area contributed by atoms with E-state index in [1.807, 2.05) is 0 Å². The molecule has 1 aromatic heterocycles. The molecule has 6 heteroatoms. The third kappa shape index (κ3) is 2.59. The number of nitrogens with two attached hydrogens (primary N) is 2. The van der Waals surface area contributed by atoms with Crippen LogP contribution in [0.25, 0.3) is 0 Å². The van der Waals surface area contributed by atoms with Gasteiger partial charge in [-0.3, -0.25) is 4.79 Å². The van der Waals surface area contributed by atoms with Gasteiger partial charge in [0.25, 0.3) is 0 Å². The van der Waals surface area contributed by atoms with Gasteiger partial charge in [-0.2, -0.15) is 0 Å². The molecule has 6 nitrogen and oxygen atoms in total. The lowest BCUT2D eigenvalue weighted by atomic mass is 9.87. The fourth-order valence-electron chi connectivity index (χ4n) is 1.96. The molecule has 0 spiro atoms. The lowest BCUT2D eigenvalue weighted by Gasteiger charge is -2.21. The average molecular weight is 235 g/mol. The van der Waals surface area contributed by atoms with Gasteiger partial charge in [0.1, 0.15) is 0 Å². The summed E-state index contributed by atoms with van der Waals surface area (Å²) in [4.78, 5) is 20.3. The van der Waals surface area contributed by atoms with Crippen LogP contribution in [0.15, 0.2) is 6.20 Å². The minimum absolute atomic E-state index is 0.0899. The van der Waals surface area contributed by atoms with Crippen LogP contribution in [0.1, 0.15) is 22.5 Å². The molecule has 0 fully saturated rings. The SMILES string of the molecule is NCCNc1ncc2c(n1)CC(CN)CC2=O. The molecule has 0 amide bonds. The molecular formula is C11H17N5O. The summed E-state index contributed by atoms with van der Waals surface area (Å²) in [6.07, 6.45) is 2.84. The minimum atomic E-state index is 0.0899. The van der Waals surface area contributed by atoms with Gasteiger partial charge in [0.2, 0.25) is 5.95 Å². The second-order valence-electron chi connectivity index (χ2n) is 4.20. The van der Waals surface area contributed by atoms with Crippen molar-refractivity contribution < 1.29 is 4.79 Å². The number of carbonyl (C=O) groups excluding carboxylic acids is 1. The van der Waals surface area contributed by atoms with Gasteiger partial charge in [0.05, 0.1) is 11.3 Å². The molecule has 0 saturated heterocycles. The second-order valence-corrected chi connectivity index (χ2v) is 4.20. The highest BCUT2D eigenvalue weighted by molar-refractivity contribution is 5.98. The predicted octanol–water partition coefficient (Wildman–Crippen LogP) is -0.449. The molecule has 1 aliphatic rings. The molecule has 17 heavy (non-hydrogen) atoms. The number of carbonyl (C=O) groups is 1. The monoisotopic (exact) mass is 235 g/mol. The molecule has 1 aliphatic carbocycles. The molecule has 0 radical (unpaired) electrons. The number of nitrogens with zero attached hydrogens (tertiary/aromatic N) is 2. The summed E-state index contributed by atoms with van der Waals surface area (Å²) in [5, 5.41) is 3.00. The van der Waals surface area contributed by atoms with Crippen LogP contribution in [0.4, 0.5) is 5.95 Å². The first-order valence-electron chi connectivity index (χ1n) is 5.77. The number of rotatable bonds is 4. The van der Waals surface area contributed by atoms with E-state index >= 15 is 0 Å². The van der Waals surface area contributed by atoms with Gasteiger partial charge in [0, 0.05) is 25.7 Å². The standard InChI is InChI=1S/C11H17N5O/c12-1-2-14-11-15-6-8-9(16-11)3-7(5-13)4-10(8)17/h6-7H,1-5,12-13H2,(H,14,15,16). The summed E-state index contributed by atoms with van der Waals surface area (Å²) in [6.45, 7) is 1.65. The number of hydrogen-bond donors (Lipinski definition) is 3. The van der Waals surface area contributed by atoms with E-state index in [1.165, 1.54) is 0 Å². The highest BCUT2D eigenvalue weighted by atomic mass is 16.1. The number of anilines is 1. The average Bonchev–Trinajstić information content (AvgIpc) is 2.35. The first kappa shape index (κ1) is 11.9. The predicted molar refractivity (Wildman–Crippen MR) is 64.8 cm³/mol. The molecule has 0 aliphatic heterocycles. The van der Waals surface area contributed by atoms with Crippen LogP contribution in [0.2, 0.25) is 0 Å². The summed E-state index contributed by atoms with van der Waals surface area (Å²) in [5.41, 5.74) is 12.4. The normalized spacial score (nSPS) is 18.9. The van der Waals surface area contributed by atoms with Gasteiger partial charge in [-0.05, 0) is 18.9 Å². The molecule has 1 aromatic rings. The molecule has 92 valence electrons. The smallest absolute Gasteiger partial charge is 0.222 e. The van der Waals surface area contributed by atoms with Crippen LogP contribution in [0, 0.1) is 5.92 Å². The highest BCUT2D eigenvalue weighted by Crippen LogP contribution is 2.23. The van der Waals surface area contributed by atoms with Crippen LogP contribution >= 0.6 is 0 Å². The number of hydrogen-bond acceptors (Lipinski definition) is 6. The molecule has 5 N–H and O–H groups in total. The van der Waals surface area contributed by atoms with Crippen LogP contribution < -0.4 is 16.8 Å². The minimum Gasteiger partial charge on any atom is -0.353 e. The van der Waals surface area contributed by atoms with Crippen molar-refractivity contribution in [2.45, 2.75) is 12.8 Å². The first-order chi connectivity index (χ1) is 8.24. The third-order valence-corrected chi connectivity index (χ3v) is 2.88. The van der Waals surface area contributed by atoms with Crippen molar-refractivity contribution in [2.75, 3.05) is 25.0 Å². The van der Waals surface area contributed by atoms with Gasteiger partial charge < -0.3 is 16.8 Å². The lowest BCUT2D eigenvalue weighted by molar-refractivity contribution is 0.0949. The fourth-order valence-corrected chi connectivity index (χ4v) is 1.96. The Kier molecular flexibility index (Phi) is 3.65. The highest BCUT2D eigenvalue weighted by Gasteiger charge is 2.25. The van der Waals surface area contributed by atoms with Crippen molar-refractivity contribution >= 4 is 11.7 Å². The quantitative estimate of drug-likeness (QED) is 0.652. The van der Waals surface area contributed by atoms with Crippen LogP contribution in [0.3, 0.4) is 0 Å². The fraction of sp³-hybridized carbons (Fsp3) is 0.545. The Morgan fingerprint density at radius 2 is 2.24 bits per heavy atom. The van der Waals surface area contributed by atoms with Crippen LogP contribution in [0.5, 0.6) is 0 Å². The van der Waals surface area contributed by atoms with Gasteiger partial charge in [-0.25, -0.2) is 9.97 Å². The Morgan fingerprint density at radius 3 is 2.94 bits per heavy atom. The van der Waals surface area contributed by atoms with E-state index in [4.69, 9.17) is 11.5 Å². The van der Waals surface area contributed by atoms with E-state index in [9.17, 15) is 4.79 Å². The van der Waals surface area contributed by atoms with E-state index in [2.05, 4.69) is 15.3 Å². The van der Waals surface area contributed by atoms with Crippen molar-refractivity contribution in [1.82, 2.24) is 9.97 Å². The molecule has 1 atom stereocenters. The third-order valence-electron chi connectivity index (χ3n) is 2.88. The molecular weight excluding hydrogens is 218 g/mol. The molecule has 2 rings (SSSR count). The van der Waals surface area contributed by atoms with Gasteiger partial charge in [-0.1, -0.05) is 0 Å². The maximum absolute atomic E-state index is 11.8. The van der Waals surface area contributed by atoms with E-state index < -0.39 is 0 Å². The molecule has 1 heterocycles. The summed E-state index contributed by atoms with van der Waals surface area (Å²) in [6, 6.07) is 0. The number of nitrogens with one attached hydrogen (secondary N) is 1. The second kappa shape index (κ2) is 5.20. The van der Waals surface area contributed by atoms with Gasteiger partial charge >= 0.3 is 0 Å². The topological polar surface area (TPSA) is 107 Å². The van der Waals surface area contributed by atoms with E-state index in [1.54, 1.807) is 6.20 Å². The summed E-state index contributed by atoms with van der Waals surface area (Å²) < 4.78 is 0. The van der Waals surface area contributed by atoms with Crippen molar-refractivity contribution in [2.24, 2.45) is 17.4 Å². The van der Waals surface area contributed by atoms with Gasteiger partial charge in [-0.15, -0.1) is 0 Å². The number of ketones is 1. The van der Waals surface area contributed by atoms with E-state index in [0.29, 0.717) is 37.6 Å². The Hall–Kier alpha value is -1.53. The summed E-state index contributed by atoms with van der Waals surface area (Å²) in [5.74, 6) is 0.819. The van der Waals surface area contributed by atoms with E-state index in [-0.39, 0.29) is 11.7 Å². The Morgan fingerprint density at radius 1 is 1.41 bits per heavy atom.